The van der Waals surface area contributed by atoms with E-state index in [1.165, 1.54) is 5.56 Å². The van der Waals surface area contributed by atoms with Crippen molar-refractivity contribution in [1.29, 1.82) is 0 Å². The molecule has 78 valence electrons. The number of aryl methyl sites for hydroxylation is 1. The highest BCUT2D eigenvalue weighted by Crippen LogP contribution is 2.22. The number of carboxylic acids is 1. The van der Waals surface area contributed by atoms with E-state index >= 15 is 0 Å². The lowest BCUT2D eigenvalue weighted by Gasteiger charge is -2.00. The molecule has 0 aliphatic rings. The molecule has 3 nitrogen and oxygen atoms in total. The summed E-state index contributed by atoms with van der Waals surface area (Å²) in [6, 6.07) is 5.79. The highest BCUT2D eigenvalue weighted by atomic mass is 16.4. The smallest absolute Gasteiger partial charge is 0.307 e. The fourth-order valence-electron chi connectivity index (χ4n) is 1.88. The number of H-pyrrole nitrogens is 1. The van der Waals surface area contributed by atoms with E-state index in [1.54, 1.807) is 0 Å². The first kappa shape index (κ1) is 9.77. The molecule has 1 aromatic heterocycles. The first-order chi connectivity index (χ1) is 7.22. The number of carbonyl (C=O) groups is 1. The number of rotatable bonds is 3. The van der Waals surface area contributed by atoms with Crippen molar-refractivity contribution in [3.05, 3.63) is 35.5 Å². The predicted molar refractivity (Wildman–Crippen MR) is 59.0 cm³/mol. The second kappa shape index (κ2) is 3.77. The zero-order chi connectivity index (χ0) is 10.8. The van der Waals surface area contributed by atoms with Gasteiger partial charge in [-0.05, 0) is 17.5 Å². The van der Waals surface area contributed by atoms with Gasteiger partial charge in [-0.25, -0.2) is 0 Å². The van der Waals surface area contributed by atoms with Crippen LogP contribution in [0.25, 0.3) is 10.9 Å². The van der Waals surface area contributed by atoms with Gasteiger partial charge in [-0.3, -0.25) is 4.79 Å². The molecule has 0 amide bonds. The Bertz CT molecular complexity index is 499. The van der Waals surface area contributed by atoms with Crippen molar-refractivity contribution in [2.24, 2.45) is 0 Å². The molecule has 0 saturated carbocycles. The molecule has 1 aromatic carbocycles. The molecular weight excluding hydrogens is 190 g/mol. The third kappa shape index (κ3) is 1.73. The van der Waals surface area contributed by atoms with Crippen molar-refractivity contribution in [3.63, 3.8) is 0 Å². The standard InChI is InChI=1S/C12H13NO2/c1-2-8-7-13-12-9(6-11(14)15)4-3-5-10(8)12/h3-5,7,13H,2,6H2,1H3,(H,14,15). The molecule has 0 unspecified atom stereocenters. The van der Waals surface area contributed by atoms with Crippen LogP contribution in [0, 0.1) is 0 Å². The molecule has 0 atom stereocenters. The van der Waals surface area contributed by atoms with Crippen LogP contribution in [0.2, 0.25) is 0 Å². The van der Waals surface area contributed by atoms with Crippen LogP contribution in [0.4, 0.5) is 0 Å². The van der Waals surface area contributed by atoms with E-state index in [2.05, 4.69) is 11.9 Å². The van der Waals surface area contributed by atoms with Gasteiger partial charge in [0.25, 0.3) is 0 Å². The summed E-state index contributed by atoms with van der Waals surface area (Å²) >= 11 is 0. The number of hydrogen-bond donors (Lipinski definition) is 2. The molecule has 0 aliphatic heterocycles. The molecule has 2 N–H and O–H groups in total. The molecule has 0 aliphatic carbocycles. The Hall–Kier alpha value is -1.77. The van der Waals surface area contributed by atoms with E-state index < -0.39 is 5.97 Å². The van der Waals surface area contributed by atoms with Gasteiger partial charge in [-0.15, -0.1) is 0 Å². The lowest BCUT2D eigenvalue weighted by molar-refractivity contribution is -0.136. The first-order valence-corrected chi connectivity index (χ1v) is 5.02. The molecular formula is C12H13NO2. The molecule has 3 heteroatoms. The summed E-state index contributed by atoms with van der Waals surface area (Å²) < 4.78 is 0. The number of carboxylic acid groups (broad SMARTS) is 1. The number of fused-ring (bicyclic) bond motifs is 1. The normalized spacial score (nSPS) is 10.7. The van der Waals surface area contributed by atoms with Gasteiger partial charge < -0.3 is 10.1 Å². The van der Waals surface area contributed by atoms with Gasteiger partial charge in [0.2, 0.25) is 0 Å². The highest BCUT2D eigenvalue weighted by molar-refractivity contribution is 5.88. The Labute approximate surface area is 87.7 Å². The van der Waals surface area contributed by atoms with Gasteiger partial charge in [0.1, 0.15) is 0 Å². The molecule has 0 radical (unpaired) electrons. The highest BCUT2D eigenvalue weighted by Gasteiger charge is 2.08. The number of nitrogens with one attached hydrogen (secondary N) is 1. The number of hydrogen-bond acceptors (Lipinski definition) is 1. The number of aromatic nitrogens is 1. The second-order valence-corrected chi connectivity index (χ2v) is 3.58. The van der Waals surface area contributed by atoms with Crippen molar-refractivity contribution in [3.8, 4) is 0 Å². The van der Waals surface area contributed by atoms with Crippen LogP contribution in [0.5, 0.6) is 0 Å². The van der Waals surface area contributed by atoms with Crippen LogP contribution >= 0.6 is 0 Å². The summed E-state index contributed by atoms with van der Waals surface area (Å²) in [5.74, 6) is -0.796. The monoisotopic (exact) mass is 203 g/mol. The zero-order valence-electron chi connectivity index (χ0n) is 8.58. The lowest BCUT2D eigenvalue weighted by Crippen LogP contribution is -2.00. The Balaban J connectivity index is 2.56. The fourth-order valence-corrected chi connectivity index (χ4v) is 1.88. The SMILES string of the molecule is CCc1c[nH]c2c(CC(=O)O)cccc12. The van der Waals surface area contributed by atoms with E-state index in [-0.39, 0.29) is 6.42 Å². The van der Waals surface area contributed by atoms with Crippen molar-refractivity contribution >= 4 is 16.9 Å². The van der Waals surface area contributed by atoms with E-state index in [4.69, 9.17) is 5.11 Å². The van der Waals surface area contributed by atoms with Crippen LogP contribution in [-0.4, -0.2) is 16.1 Å². The quantitative estimate of drug-likeness (QED) is 0.804. The number of aromatic amines is 1. The first-order valence-electron chi connectivity index (χ1n) is 5.02. The number of aliphatic carboxylic acids is 1. The maximum Gasteiger partial charge on any atom is 0.307 e. The summed E-state index contributed by atoms with van der Waals surface area (Å²) in [6.45, 7) is 2.09. The van der Waals surface area contributed by atoms with Crippen LogP contribution in [-0.2, 0) is 17.6 Å². The maximum absolute atomic E-state index is 10.7. The largest absolute Gasteiger partial charge is 0.481 e. The number of para-hydroxylation sites is 1. The summed E-state index contributed by atoms with van der Waals surface area (Å²) in [5, 5.41) is 9.91. The molecule has 0 bridgehead atoms. The summed E-state index contributed by atoms with van der Waals surface area (Å²) in [7, 11) is 0. The fraction of sp³-hybridized carbons (Fsp3) is 0.250. The minimum absolute atomic E-state index is 0.0704. The Morgan fingerprint density at radius 1 is 1.40 bits per heavy atom. The van der Waals surface area contributed by atoms with Crippen molar-refractivity contribution in [2.75, 3.05) is 0 Å². The Morgan fingerprint density at radius 2 is 2.20 bits per heavy atom. The molecule has 2 rings (SSSR count). The molecule has 0 spiro atoms. The van der Waals surface area contributed by atoms with Crippen LogP contribution < -0.4 is 0 Å². The molecule has 1 heterocycles. The Kier molecular flexibility index (Phi) is 2.46. The molecule has 15 heavy (non-hydrogen) atoms. The van der Waals surface area contributed by atoms with Crippen molar-refractivity contribution in [2.45, 2.75) is 19.8 Å². The van der Waals surface area contributed by atoms with Crippen molar-refractivity contribution in [1.82, 2.24) is 4.98 Å². The third-order valence-electron chi connectivity index (χ3n) is 2.61. The van der Waals surface area contributed by atoms with Gasteiger partial charge in [-0.2, -0.15) is 0 Å². The topological polar surface area (TPSA) is 53.1 Å². The van der Waals surface area contributed by atoms with Gasteiger partial charge in [0.15, 0.2) is 0 Å². The van der Waals surface area contributed by atoms with Crippen LogP contribution in [0.1, 0.15) is 18.1 Å². The van der Waals surface area contributed by atoms with Gasteiger partial charge in [0, 0.05) is 17.1 Å². The van der Waals surface area contributed by atoms with Gasteiger partial charge in [0.05, 0.1) is 6.42 Å². The molecule has 0 fully saturated rings. The van der Waals surface area contributed by atoms with Crippen LogP contribution in [0.15, 0.2) is 24.4 Å². The van der Waals surface area contributed by atoms with E-state index in [9.17, 15) is 4.79 Å². The van der Waals surface area contributed by atoms with E-state index in [0.29, 0.717) is 0 Å². The van der Waals surface area contributed by atoms with E-state index in [1.807, 2.05) is 24.4 Å². The average molecular weight is 203 g/mol. The van der Waals surface area contributed by atoms with Crippen molar-refractivity contribution < 1.29 is 9.90 Å². The lowest BCUT2D eigenvalue weighted by atomic mass is 10.1. The minimum Gasteiger partial charge on any atom is -0.481 e. The van der Waals surface area contributed by atoms with Gasteiger partial charge in [-0.1, -0.05) is 25.1 Å². The predicted octanol–water partition coefficient (Wildman–Crippen LogP) is 2.36. The molecule has 0 saturated heterocycles. The summed E-state index contributed by atoms with van der Waals surface area (Å²) in [4.78, 5) is 13.8. The van der Waals surface area contributed by atoms with E-state index in [0.717, 1.165) is 22.9 Å². The maximum atomic E-state index is 10.7. The summed E-state index contributed by atoms with van der Waals surface area (Å²) in [5.41, 5.74) is 3.04. The third-order valence-corrected chi connectivity index (χ3v) is 2.61. The Morgan fingerprint density at radius 3 is 2.87 bits per heavy atom. The summed E-state index contributed by atoms with van der Waals surface area (Å²) in [6.07, 6.45) is 2.98. The van der Waals surface area contributed by atoms with Crippen LogP contribution in [0.3, 0.4) is 0 Å². The minimum atomic E-state index is -0.796. The average Bonchev–Trinajstić information content (AvgIpc) is 2.61. The number of benzene rings is 1. The zero-order valence-corrected chi connectivity index (χ0v) is 8.58. The van der Waals surface area contributed by atoms with Gasteiger partial charge >= 0.3 is 5.97 Å². The molecule has 2 aromatic rings. The second-order valence-electron chi connectivity index (χ2n) is 3.58.